The average Bonchev–Trinajstić information content (AvgIpc) is 2.32. The van der Waals surface area contributed by atoms with Gasteiger partial charge in [-0.05, 0) is 50.6 Å². The van der Waals surface area contributed by atoms with E-state index in [1.807, 2.05) is 0 Å². The van der Waals surface area contributed by atoms with Gasteiger partial charge in [-0.25, -0.2) is 0 Å². The standard InChI is InChI=1S/C16H34N2S/c1-13-14(2)19-12-11-18(13)10-6-7-15(8-9-17)16(3,4)5/h13-15H,6-12,17H2,1-5H3. The van der Waals surface area contributed by atoms with Crippen LogP contribution in [0.15, 0.2) is 0 Å². The quantitative estimate of drug-likeness (QED) is 0.809. The van der Waals surface area contributed by atoms with Gasteiger partial charge in [0.2, 0.25) is 0 Å². The molecule has 2 nitrogen and oxygen atoms in total. The van der Waals surface area contributed by atoms with Gasteiger partial charge in [0.05, 0.1) is 0 Å². The molecule has 1 saturated heterocycles. The van der Waals surface area contributed by atoms with Crippen LogP contribution in [0.5, 0.6) is 0 Å². The normalized spacial score (nSPS) is 27.5. The molecule has 0 spiro atoms. The van der Waals surface area contributed by atoms with Crippen molar-refractivity contribution in [3.63, 3.8) is 0 Å². The third kappa shape index (κ3) is 5.65. The molecule has 1 aliphatic heterocycles. The molecule has 0 aromatic heterocycles. The summed E-state index contributed by atoms with van der Waals surface area (Å²) in [4.78, 5) is 2.68. The molecule has 1 fully saturated rings. The van der Waals surface area contributed by atoms with Crippen molar-refractivity contribution >= 4 is 11.8 Å². The van der Waals surface area contributed by atoms with Gasteiger partial charge in [0, 0.05) is 23.6 Å². The van der Waals surface area contributed by atoms with E-state index in [-0.39, 0.29) is 0 Å². The number of hydrogen-bond acceptors (Lipinski definition) is 3. The first-order valence-corrected chi connectivity index (χ1v) is 8.97. The highest BCUT2D eigenvalue weighted by molar-refractivity contribution is 8.00. The van der Waals surface area contributed by atoms with Crippen molar-refractivity contribution in [3.8, 4) is 0 Å². The molecule has 3 heteroatoms. The summed E-state index contributed by atoms with van der Waals surface area (Å²) in [7, 11) is 0. The predicted octanol–water partition coefficient (Wildman–Crippen LogP) is 3.60. The van der Waals surface area contributed by atoms with E-state index in [1.54, 1.807) is 0 Å². The Kier molecular flexibility index (Phi) is 7.20. The Morgan fingerprint density at radius 1 is 1.26 bits per heavy atom. The van der Waals surface area contributed by atoms with Gasteiger partial charge < -0.3 is 5.73 Å². The second kappa shape index (κ2) is 7.90. The van der Waals surface area contributed by atoms with Gasteiger partial charge in [0.25, 0.3) is 0 Å². The first-order valence-electron chi connectivity index (χ1n) is 7.92. The smallest absolute Gasteiger partial charge is 0.0184 e. The molecular formula is C16H34N2S. The molecular weight excluding hydrogens is 252 g/mol. The summed E-state index contributed by atoms with van der Waals surface area (Å²) in [6.07, 6.45) is 3.82. The van der Waals surface area contributed by atoms with Gasteiger partial charge in [-0.3, -0.25) is 4.90 Å². The van der Waals surface area contributed by atoms with E-state index in [4.69, 9.17) is 5.73 Å². The molecule has 0 saturated carbocycles. The van der Waals surface area contributed by atoms with Crippen LogP contribution in [0.25, 0.3) is 0 Å². The minimum atomic E-state index is 0.399. The Bertz CT molecular complexity index is 250. The Hall–Kier alpha value is 0.270. The van der Waals surface area contributed by atoms with Gasteiger partial charge in [-0.1, -0.05) is 27.7 Å². The van der Waals surface area contributed by atoms with E-state index >= 15 is 0 Å². The van der Waals surface area contributed by atoms with E-state index in [1.165, 1.54) is 38.1 Å². The zero-order chi connectivity index (χ0) is 14.5. The molecule has 1 rings (SSSR count). The van der Waals surface area contributed by atoms with Crippen LogP contribution < -0.4 is 5.73 Å². The monoisotopic (exact) mass is 286 g/mol. The van der Waals surface area contributed by atoms with E-state index in [9.17, 15) is 0 Å². The highest BCUT2D eigenvalue weighted by Gasteiger charge is 2.26. The van der Waals surface area contributed by atoms with Gasteiger partial charge in [-0.15, -0.1) is 0 Å². The van der Waals surface area contributed by atoms with E-state index < -0.39 is 0 Å². The Morgan fingerprint density at radius 2 is 1.95 bits per heavy atom. The summed E-state index contributed by atoms with van der Waals surface area (Å²) in [5.41, 5.74) is 6.17. The third-order valence-corrected chi connectivity index (χ3v) is 6.09. The van der Waals surface area contributed by atoms with Gasteiger partial charge >= 0.3 is 0 Å². The maximum Gasteiger partial charge on any atom is 0.0184 e. The van der Waals surface area contributed by atoms with Crippen molar-refractivity contribution in [3.05, 3.63) is 0 Å². The molecule has 3 atom stereocenters. The lowest BCUT2D eigenvalue weighted by Gasteiger charge is -2.38. The Labute approximate surface area is 124 Å². The van der Waals surface area contributed by atoms with Gasteiger partial charge in [0.15, 0.2) is 0 Å². The number of nitrogens with zero attached hydrogens (tertiary/aromatic N) is 1. The molecule has 1 heterocycles. The number of nitrogens with two attached hydrogens (primary N) is 1. The Balaban J connectivity index is 2.35. The summed E-state index contributed by atoms with van der Waals surface area (Å²) >= 11 is 2.12. The third-order valence-electron chi connectivity index (χ3n) is 4.75. The molecule has 114 valence electrons. The molecule has 1 aliphatic rings. The Morgan fingerprint density at radius 3 is 2.53 bits per heavy atom. The second-order valence-electron chi connectivity index (χ2n) is 7.14. The molecule has 0 aliphatic carbocycles. The maximum absolute atomic E-state index is 5.77. The lowest BCUT2D eigenvalue weighted by Crippen LogP contribution is -2.45. The minimum Gasteiger partial charge on any atom is -0.330 e. The SMILES string of the molecule is CC1SCCN(CCCC(CCN)C(C)(C)C)C1C. The van der Waals surface area contributed by atoms with Crippen LogP contribution in [0.3, 0.4) is 0 Å². The molecule has 0 amide bonds. The van der Waals surface area contributed by atoms with Crippen molar-refractivity contribution in [2.75, 3.05) is 25.4 Å². The molecule has 0 aromatic rings. The first-order chi connectivity index (χ1) is 8.86. The van der Waals surface area contributed by atoms with Crippen molar-refractivity contribution < 1.29 is 0 Å². The number of rotatable bonds is 6. The van der Waals surface area contributed by atoms with E-state index in [2.05, 4.69) is 51.3 Å². The van der Waals surface area contributed by atoms with Crippen LogP contribution in [0, 0.1) is 11.3 Å². The van der Waals surface area contributed by atoms with Crippen molar-refractivity contribution in [1.29, 1.82) is 0 Å². The van der Waals surface area contributed by atoms with E-state index in [0.29, 0.717) is 5.41 Å². The zero-order valence-electron chi connectivity index (χ0n) is 13.6. The van der Waals surface area contributed by atoms with E-state index in [0.717, 1.165) is 23.8 Å². The second-order valence-corrected chi connectivity index (χ2v) is 8.62. The average molecular weight is 287 g/mol. The lowest BCUT2D eigenvalue weighted by atomic mass is 9.76. The fraction of sp³-hybridized carbons (Fsp3) is 1.00. The largest absolute Gasteiger partial charge is 0.330 e. The van der Waals surface area contributed by atoms with Crippen molar-refractivity contribution in [2.24, 2.45) is 17.1 Å². The summed E-state index contributed by atoms with van der Waals surface area (Å²) in [6, 6.07) is 0.737. The van der Waals surface area contributed by atoms with Crippen molar-refractivity contribution in [1.82, 2.24) is 4.90 Å². The van der Waals surface area contributed by atoms with Crippen LogP contribution >= 0.6 is 11.8 Å². The lowest BCUT2D eigenvalue weighted by molar-refractivity contribution is 0.175. The van der Waals surface area contributed by atoms with Crippen molar-refractivity contribution in [2.45, 2.75) is 65.2 Å². The molecule has 0 radical (unpaired) electrons. The molecule has 2 N–H and O–H groups in total. The first kappa shape index (κ1) is 17.3. The molecule has 19 heavy (non-hydrogen) atoms. The van der Waals surface area contributed by atoms with Crippen LogP contribution in [-0.4, -0.2) is 41.6 Å². The molecule has 0 bridgehead atoms. The fourth-order valence-electron chi connectivity index (χ4n) is 3.06. The number of hydrogen-bond donors (Lipinski definition) is 1. The van der Waals surface area contributed by atoms with Crippen LogP contribution in [0.2, 0.25) is 0 Å². The fourth-order valence-corrected chi connectivity index (χ4v) is 4.23. The summed E-state index contributed by atoms with van der Waals surface area (Å²) in [6.45, 7) is 15.2. The molecule has 0 aromatic carbocycles. The zero-order valence-corrected chi connectivity index (χ0v) is 14.4. The minimum absolute atomic E-state index is 0.399. The maximum atomic E-state index is 5.77. The predicted molar refractivity (Wildman–Crippen MR) is 88.8 cm³/mol. The number of thioether (sulfide) groups is 1. The highest BCUT2D eigenvalue weighted by atomic mass is 32.2. The van der Waals surface area contributed by atoms with Crippen LogP contribution in [0.4, 0.5) is 0 Å². The molecule has 3 unspecified atom stereocenters. The van der Waals surface area contributed by atoms with Gasteiger partial charge in [-0.2, -0.15) is 11.8 Å². The summed E-state index contributed by atoms with van der Waals surface area (Å²) < 4.78 is 0. The van der Waals surface area contributed by atoms with Gasteiger partial charge in [0.1, 0.15) is 0 Å². The van der Waals surface area contributed by atoms with Crippen LogP contribution in [0.1, 0.15) is 53.9 Å². The van der Waals surface area contributed by atoms with Crippen LogP contribution in [-0.2, 0) is 0 Å². The summed E-state index contributed by atoms with van der Waals surface area (Å²) in [5.74, 6) is 2.07. The summed E-state index contributed by atoms with van der Waals surface area (Å²) in [5, 5.41) is 0.788. The topological polar surface area (TPSA) is 29.3 Å². The highest BCUT2D eigenvalue weighted by Crippen LogP contribution is 2.32.